The van der Waals surface area contributed by atoms with Gasteiger partial charge in [-0.1, -0.05) is 6.07 Å². The molecule has 0 bridgehead atoms. The molecule has 1 aliphatic heterocycles. The quantitative estimate of drug-likeness (QED) is 0.787. The summed E-state index contributed by atoms with van der Waals surface area (Å²) in [4.78, 5) is 25.8. The van der Waals surface area contributed by atoms with Crippen LogP contribution in [0.5, 0.6) is 0 Å². The summed E-state index contributed by atoms with van der Waals surface area (Å²) in [5.74, 6) is 0.303. The lowest BCUT2D eigenvalue weighted by atomic mass is 9.88. The smallest absolute Gasteiger partial charge is 0.236 e. The molecule has 1 saturated heterocycles. The second-order valence-corrected chi connectivity index (χ2v) is 6.16. The van der Waals surface area contributed by atoms with Crippen molar-refractivity contribution in [3.63, 3.8) is 0 Å². The summed E-state index contributed by atoms with van der Waals surface area (Å²) >= 11 is 0. The zero-order valence-corrected chi connectivity index (χ0v) is 13.2. The number of piperidine rings is 1. The first-order valence-electron chi connectivity index (χ1n) is 8.13. The summed E-state index contributed by atoms with van der Waals surface area (Å²) in [5.41, 5.74) is 3.00. The molecule has 0 unspecified atom stereocenters. The molecule has 3 aromatic rings. The summed E-state index contributed by atoms with van der Waals surface area (Å²) in [6.45, 7) is 1.39. The summed E-state index contributed by atoms with van der Waals surface area (Å²) in [6, 6.07) is 6.01. The second-order valence-electron chi connectivity index (χ2n) is 6.16. The van der Waals surface area contributed by atoms with Crippen LogP contribution in [0, 0.1) is 11.3 Å². The Hall–Kier alpha value is -2.94. The molecule has 1 fully saturated rings. The van der Waals surface area contributed by atoms with Crippen LogP contribution in [0.3, 0.4) is 0 Å². The van der Waals surface area contributed by atoms with E-state index in [1.807, 2.05) is 30.7 Å². The topological polar surface area (TPSA) is 85.7 Å². The lowest BCUT2D eigenvalue weighted by molar-refractivity contribution is -0.131. The van der Waals surface area contributed by atoms with Gasteiger partial charge in [0.25, 0.3) is 0 Å². The van der Waals surface area contributed by atoms with Gasteiger partial charge < -0.3 is 9.88 Å². The molecule has 6 nitrogen and oxygen atoms in total. The highest BCUT2D eigenvalue weighted by atomic mass is 16.2. The van der Waals surface area contributed by atoms with Gasteiger partial charge in [-0.3, -0.25) is 4.79 Å². The van der Waals surface area contributed by atoms with E-state index in [0.717, 1.165) is 34.8 Å². The average Bonchev–Trinajstić information content (AvgIpc) is 3.07. The van der Waals surface area contributed by atoms with Gasteiger partial charge in [0.15, 0.2) is 5.65 Å². The number of nitriles is 1. The van der Waals surface area contributed by atoms with Gasteiger partial charge in [-0.15, -0.1) is 0 Å². The van der Waals surface area contributed by atoms with Crippen LogP contribution >= 0.6 is 0 Å². The Balaban J connectivity index is 1.65. The number of nitrogens with zero attached hydrogens (tertiary/aromatic N) is 4. The number of nitrogens with one attached hydrogen (secondary N) is 1. The lowest BCUT2D eigenvalue weighted by Gasteiger charge is -2.31. The number of amides is 1. The molecular weight excluding hydrogens is 302 g/mol. The highest BCUT2D eigenvalue weighted by Gasteiger charge is 2.26. The van der Waals surface area contributed by atoms with Crippen molar-refractivity contribution in [2.24, 2.45) is 0 Å². The van der Waals surface area contributed by atoms with Crippen LogP contribution in [0.1, 0.15) is 30.7 Å². The van der Waals surface area contributed by atoms with Crippen LogP contribution in [0.2, 0.25) is 0 Å². The first kappa shape index (κ1) is 14.6. The van der Waals surface area contributed by atoms with Crippen molar-refractivity contribution >= 4 is 27.8 Å². The predicted molar refractivity (Wildman–Crippen MR) is 90.2 cm³/mol. The highest BCUT2D eigenvalue weighted by molar-refractivity contribution is 6.05. The number of pyridine rings is 2. The maximum atomic E-state index is 11.9. The fourth-order valence-corrected chi connectivity index (χ4v) is 3.59. The van der Waals surface area contributed by atoms with E-state index in [1.165, 1.54) is 5.56 Å². The molecule has 6 heteroatoms. The Morgan fingerprint density at radius 1 is 1.33 bits per heavy atom. The second kappa shape index (κ2) is 5.93. The Morgan fingerprint density at radius 3 is 2.92 bits per heavy atom. The summed E-state index contributed by atoms with van der Waals surface area (Å²) in [6.07, 6.45) is 7.40. The largest absolute Gasteiger partial charge is 0.360 e. The highest BCUT2D eigenvalue weighted by Crippen LogP contribution is 2.35. The van der Waals surface area contributed by atoms with Gasteiger partial charge in [0, 0.05) is 36.3 Å². The number of rotatable bonds is 2. The fourth-order valence-electron chi connectivity index (χ4n) is 3.59. The normalized spacial score (nSPS) is 15.7. The molecule has 0 spiro atoms. The number of hydrogen-bond acceptors (Lipinski definition) is 4. The van der Waals surface area contributed by atoms with Crippen LogP contribution in [-0.4, -0.2) is 38.8 Å². The Labute approximate surface area is 139 Å². The molecule has 24 heavy (non-hydrogen) atoms. The maximum Gasteiger partial charge on any atom is 0.236 e. The molecule has 0 atom stereocenters. The summed E-state index contributed by atoms with van der Waals surface area (Å²) in [5, 5.41) is 10.9. The van der Waals surface area contributed by atoms with Crippen LogP contribution in [-0.2, 0) is 4.79 Å². The molecule has 0 aliphatic carbocycles. The van der Waals surface area contributed by atoms with E-state index in [0.29, 0.717) is 19.0 Å². The van der Waals surface area contributed by atoms with Gasteiger partial charge in [-0.2, -0.15) is 5.26 Å². The molecule has 1 aliphatic rings. The number of H-pyrrole nitrogens is 1. The minimum atomic E-state index is -0.0665. The molecule has 0 aromatic carbocycles. The number of carbonyl (C=O) groups excluding carboxylic acids is 1. The molecule has 0 saturated carbocycles. The molecule has 1 N–H and O–H groups in total. The van der Waals surface area contributed by atoms with Crippen molar-refractivity contribution in [3.05, 3.63) is 36.3 Å². The Morgan fingerprint density at radius 2 is 2.12 bits per heavy atom. The zero-order chi connectivity index (χ0) is 16.5. The van der Waals surface area contributed by atoms with Crippen molar-refractivity contribution in [1.29, 1.82) is 5.26 Å². The number of aromatic nitrogens is 3. The van der Waals surface area contributed by atoms with Gasteiger partial charge in [-0.05, 0) is 30.4 Å². The van der Waals surface area contributed by atoms with Gasteiger partial charge >= 0.3 is 0 Å². The fraction of sp³-hybridized carbons (Fsp3) is 0.333. The molecule has 1 amide bonds. The van der Waals surface area contributed by atoms with Crippen molar-refractivity contribution in [2.45, 2.75) is 25.2 Å². The average molecular weight is 319 g/mol. The van der Waals surface area contributed by atoms with E-state index in [2.05, 4.69) is 21.0 Å². The SMILES string of the molecule is N#CCC(=O)N1CCC(c2cnc3ncc4[nH]cccc4c23)CC1. The van der Waals surface area contributed by atoms with E-state index in [1.54, 1.807) is 4.90 Å². The number of aromatic amines is 1. The molecule has 4 heterocycles. The number of fused-ring (bicyclic) bond motifs is 3. The van der Waals surface area contributed by atoms with Gasteiger partial charge in [0.2, 0.25) is 5.91 Å². The third kappa shape index (κ3) is 2.38. The first-order chi connectivity index (χ1) is 11.8. The maximum absolute atomic E-state index is 11.9. The third-order valence-electron chi connectivity index (χ3n) is 4.83. The van der Waals surface area contributed by atoms with Gasteiger partial charge in [0.1, 0.15) is 6.42 Å². The van der Waals surface area contributed by atoms with E-state index in [4.69, 9.17) is 5.26 Å². The predicted octanol–water partition coefficient (Wildman–Crippen LogP) is 2.73. The van der Waals surface area contributed by atoms with E-state index in [-0.39, 0.29) is 12.3 Å². The van der Waals surface area contributed by atoms with Crippen molar-refractivity contribution in [2.75, 3.05) is 13.1 Å². The van der Waals surface area contributed by atoms with E-state index in [9.17, 15) is 4.79 Å². The van der Waals surface area contributed by atoms with Crippen LogP contribution < -0.4 is 0 Å². The van der Waals surface area contributed by atoms with Gasteiger partial charge in [-0.25, -0.2) is 9.97 Å². The molecule has 120 valence electrons. The number of carbonyl (C=O) groups is 1. The monoisotopic (exact) mass is 319 g/mol. The van der Waals surface area contributed by atoms with Crippen molar-refractivity contribution < 1.29 is 4.79 Å². The van der Waals surface area contributed by atoms with Crippen molar-refractivity contribution in [3.8, 4) is 6.07 Å². The van der Waals surface area contributed by atoms with E-state index >= 15 is 0 Å². The standard InChI is InChI=1S/C18H17N5O/c19-6-3-16(24)23-8-4-12(5-9-23)14-10-21-18-17(14)13-2-1-7-20-15(13)11-22-18/h1-2,7,10-12,20H,3-5,8-9H2. The van der Waals surface area contributed by atoms with Crippen LogP contribution in [0.4, 0.5) is 0 Å². The molecular formula is C18H17N5O. The van der Waals surface area contributed by atoms with Crippen molar-refractivity contribution in [1.82, 2.24) is 19.9 Å². The number of hydrogen-bond donors (Lipinski definition) is 1. The van der Waals surface area contributed by atoms with E-state index < -0.39 is 0 Å². The van der Waals surface area contributed by atoms with Crippen LogP contribution in [0.25, 0.3) is 21.9 Å². The summed E-state index contributed by atoms with van der Waals surface area (Å²) < 4.78 is 0. The third-order valence-corrected chi connectivity index (χ3v) is 4.83. The number of likely N-dealkylation sites (tertiary alicyclic amines) is 1. The zero-order valence-electron chi connectivity index (χ0n) is 13.2. The molecule has 0 radical (unpaired) electrons. The molecule has 3 aromatic heterocycles. The minimum Gasteiger partial charge on any atom is -0.360 e. The summed E-state index contributed by atoms with van der Waals surface area (Å²) in [7, 11) is 0. The van der Waals surface area contributed by atoms with Crippen LogP contribution in [0.15, 0.2) is 30.7 Å². The lowest BCUT2D eigenvalue weighted by Crippen LogP contribution is -2.37. The molecule has 4 rings (SSSR count). The minimum absolute atomic E-state index is 0.0318. The first-order valence-corrected chi connectivity index (χ1v) is 8.13. The Bertz CT molecular complexity index is 947. The Kier molecular flexibility index (Phi) is 3.62. The van der Waals surface area contributed by atoms with Gasteiger partial charge in [0.05, 0.1) is 17.8 Å².